The molecule has 0 radical (unpaired) electrons. The molecule has 3 N–H and O–H groups in total. The SMILES string of the molecule is CSc1ccc(CNC(=O)c2cc([N+](=O)[O-])ccc2N[C@H]2CC[C@H](O)CC2)cc1. The first kappa shape index (κ1) is 21.1. The molecule has 8 heteroatoms. The quantitative estimate of drug-likeness (QED) is 0.359. The van der Waals surface area contributed by atoms with Crippen LogP contribution in [0.15, 0.2) is 47.4 Å². The smallest absolute Gasteiger partial charge is 0.270 e. The van der Waals surface area contributed by atoms with Gasteiger partial charge in [-0.05, 0) is 55.7 Å². The standard InChI is InChI=1S/C21H25N3O4S/c1-29-18-9-2-14(3-10-18)13-22-21(26)19-12-16(24(27)28)6-11-20(19)23-15-4-7-17(25)8-5-15/h2-3,6,9-12,15,17,23,25H,4-5,7-8,13H2,1H3,(H,22,26)/t15-,17-. The molecule has 0 bridgehead atoms. The van der Waals surface area contributed by atoms with E-state index in [1.165, 1.54) is 12.1 Å². The molecular formula is C21H25N3O4S. The Morgan fingerprint density at radius 1 is 1.17 bits per heavy atom. The van der Waals surface area contributed by atoms with E-state index in [9.17, 15) is 20.0 Å². The molecule has 0 heterocycles. The Morgan fingerprint density at radius 3 is 2.48 bits per heavy atom. The number of hydrogen-bond donors (Lipinski definition) is 3. The summed E-state index contributed by atoms with van der Waals surface area (Å²) in [7, 11) is 0. The number of carbonyl (C=O) groups is 1. The highest BCUT2D eigenvalue weighted by molar-refractivity contribution is 7.98. The van der Waals surface area contributed by atoms with Gasteiger partial charge in [0.25, 0.3) is 11.6 Å². The van der Waals surface area contributed by atoms with E-state index in [0.717, 1.165) is 23.3 Å². The van der Waals surface area contributed by atoms with Gasteiger partial charge in [0, 0.05) is 35.3 Å². The summed E-state index contributed by atoms with van der Waals surface area (Å²) in [5, 5.41) is 27.0. The van der Waals surface area contributed by atoms with Crippen LogP contribution in [0.1, 0.15) is 41.6 Å². The maximum Gasteiger partial charge on any atom is 0.270 e. The van der Waals surface area contributed by atoms with Crippen LogP contribution in [-0.2, 0) is 6.54 Å². The van der Waals surface area contributed by atoms with Gasteiger partial charge in [0.15, 0.2) is 0 Å². The maximum absolute atomic E-state index is 12.8. The molecule has 0 saturated heterocycles. The molecule has 7 nitrogen and oxygen atoms in total. The van der Waals surface area contributed by atoms with Gasteiger partial charge in [-0.2, -0.15) is 0 Å². The Kier molecular flexibility index (Phi) is 7.11. The number of aliphatic hydroxyl groups is 1. The molecule has 0 unspecified atom stereocenters. The van der Waals surface area contributed by atoms with E-state index >= 15 is 0 Å². The van der Waals surface area contributed by atoms with Crippen molar-refractivity contribution in [2.45, 2.75) is 49.3 Å². The number of aliphatic hydroxyl groups excluding tert-OH is 1. The Morgan fingerprint density at radius 2 is 1.86 bits per heavy atom. The van der Waals surface area contributed by atoms with Gasteiger partial charge in [0.1, 0.15) is 0 Å². The van der Waals surface area contributed by atoms with E-state index in [1.807, 2.05) is 30.5 Å². The number of anilines is 1. The number of hydrogen-bond acceptors (Lipinski definition) is 6. The summed E-state index contributed by atoms with van der Waals surface area (Å²) in [6.45, 7) is 0.339. The lowest BCUT2D eigenvalue weighted by atomic mass is 9.92. The number of nitro benzene ring substituents is 1. The summed E-state index contributed by atoms with van der Waals surface area (Å²) in [5.41, 5.74) is 1.67. The predicted octanol–water partition coefficient (Wildman–Crippen LogP) is 3.96. The monoisotopic (exact) mass is 415 g/mol. The van der Waals surface area contributed by atoms with Gasteiger partial charge < -0.3 is 15.7 Å². The van der Waals surface area contributed by atoms with Crippen molar-refractivity contribution in [2.24, 2.45) is 0 Å². The highest BCUT2D eigenvalue weighted by Gasteiger charge is 2.22. The number of nitrogens with one attached hydrogen (secondary N) is 2. The third kappa shape index (κ3) is 5.71. The molecule has 154 valence electrons. The lowest BCUT2D eigenvalue weighted by molar-refractivity contribution is -0.384. The third-order valence-electron chi connectivity index (χ3n) is 5.13. The molecule has 1 aliphatic carbocycles. The number of benzene rings is 2. The second-order valence-electron chi connectivity index (χ2n) is 7.17. The van der Waals surface area contributed by atoms with Gasteiger partial charge in [-0.3, -0.25) is 14.9 Å². The predicted molar refractivity (Wildman–Crippen MR) is 114 cm³/mol. The van der Waals surface area contributed by atoms with Crippen molar-refractivity contribution < 1.29 is 14.8 Å². The molecule has 0 aliphatic heterocycles. The summed E-state index contributed by atoms with van der Waals surface area (Å²) in [4.78, 5) is 24.6. The molecule has 0 aromatic heterocycles. The van der Waals surface area contributed by atoms with Crippen LogP contribution >= 0.6 is 11.8 Å². The van der Waals surface area contributed by atoms with Crippen LogP contribution in [0.3, 0.4) is 0 Å². The van der Waals surface area contributed by atoms with Crippen molar-refractivity contribution in [3.05, 3.63) is 63.7 Å². The van der Waals surface area contributed by atoms with E-state index in [4.69, 9.17) is 0 Å². The third-order valence-corrected chi connectivity index (χ3v) is 5.87. The second-order valence-corrected chi connectivity index (χ2v) is 8.05. The van der Waals surface area contributed by atoms with Gasteiger partial charge in [0.05, 0.1) is 16.6 Å². The molecule has 3 rings (SSSR count). The second kappa shape index (κ2) is 9.76. The minimum absolute atomic E-state index is 0.121. The van der Waals surface area contributed by atoms with Crippen LogP contribution in [-0.4, -0.2) is 34.3 Å². The van der Waals surface area contributed by atoms with E-state index in [-0.39, 0.29) is 29.3 Å². The lowest BCUT2D eigenvalue weighted by Gasteiger charge is -2.27. The number of nitro groups is 1. The Bertz CT molecular complexity index is 865. The molecule has 29 heavy (non-hydrogen) atoms. The number of nitrogens with zero attached hydrogens (tertiary/aromatic N) is 1. The van der Waals surface area contributed by atoms with Crippen molar-refractivity contribution in [2.75, 3.05) is 11.6 Å². The van der Waals surface area contributed by atoms with Gasteiger partial charge in [0.2, 0.25) is 0 Å². The Labute approximate surface area is 174 Å². The molecule has 1 amide bonds. The zero-order valence-electron chi connectivity index (χ0n) is 16.3. The van der Waals surface area contributed by atoms with Crippen LogP contribution in [0.4, 0.5) is 11.4 Å². The fourth-order valence-corrected chi connectivity index (χ4v) is 3.83. The molecule has 1 saturated carbocycles. The summed E-state index contributed by atoms with van der Waals surface area (Å²) in [6, 6.07) is 12.3. The largest absolute Gasteiger partial charge is 0.393 e. The zero-order valence-corrected chi connectivity index (χ0v) is 17.1. The summed E-state index contributed by atoms with van der Waals surface area (Å²) in [5.74, 6) is -0.360. The minimum atomic E-state index is -0.501. The van der Waals surface area contributed by atoms with E-state index < -0.39 is 4.92 Å². The normalized spacial score (nSPS) is 18.8. The van der Waals surface area contributed by atoms with E-state index in [2.05, 4.69) is 10.6 Å². The van der Waals surface area contributed by atoms with Crippen LogP contribution < -0.4 is 10.6 Å². The molecule has 0 atom stereocenters. The first-order valence-corrected chi connectivity index (χ1v) is 10.8. The first-order chi connectivity index (χ1) is 14.0. The van der Waals surface area contributed by atoms with E-state index in [1.54, 1.807) is 17.8 Å². The fourth-order valence-electron chi connectivity index (χ4n) is 3.42. The van der Waals surface area contributed by atoms with Crippen LogP contribution in [0.2, 0.25) is 0 Å². The van der Waals surface area contributed by atoms with E-state index in [0.29, 0.717) is 25.1 Å². The van der Waals surface area contributed by atoms with Crippen molar-refractivity contribution >= 4 is 29.0 Å². The number of thioether (sulfide) groups is 1. The average molecular weight is 416 g/mol. The van der Waals surface area contributed by atoms with Gasteiger partial charge in [-0.1, -0.05) is 12.1 Å². The van der Waals surface area contributed by atoms with Gasteiger partial charge >= 0.3 is 0 Å². The number of carbonyl (C=O) groups excluding carboxylic acids is 1. The molecular weight excluding hydrogens is 390 g/mol. The van der Waals surface area contributed by atoms with Crippen molar-refractivity contribution in [3.63, 3.8) is 0 Å². The first-order valence-electron chi connectivity index (χ1n) is 9.60. The van der Waals surface area contributed by atoms with Crippen LogP contribution in [0, 0.1) is 10.1 Å². The Balaban J connectivity index is 1.74. The number of amides is 1. The molecule has 2 aromatic carbocycles. The van der Waals surface area contributed by atoms with Crippen LogP contribution in [0.25, 0.3) is 0 Å². The Hall–Kier alpha value is -2.58. The van der Waals surface area contributed by atoms with Gasteiger partial charge in [-0.25, -0.2) is 0 Å². The molecule has 1 fully saturated rings. The molecule has 2 aromatic rings. The van der Waals surface area contributed by atoms with Crippen LogP contribution in [0.5, 0.6) is 0 Å². The summed E-state index contributed by atoms with van der Waals surface area (Å²) < 4.78 is 0. The maximum atomic E-state index is 12.8. The lowest BCUT2D eigenvalue weighted by Crippen LogP contribution is -2.30. The summed E-state index contributed by atoms with van der Waals surface area (Å²) in [6.07, 6.45) is 4.73. The molecule has 0 spiro atoms. The number of rotatable bonds is 7. The van der Waals surface area contributed by atoms with Crippen molar-refractivity contribution in [3.8, 4) is 0 Å². The van der Waals surface area contributed by atoms with Gasteiger partial charge in [-0.15, -0.1) is 11.8 Å². The molecule has 1 aliphatic rings. The summed E-state index contributed by atoms with van der Waals surface area (Å²) >= 11 is 1.65. The number of non-ortho nitro benzene ring substituents is 1. The average Bonchev–Trinajstić information content (AvgIpc) is 2.74. The van der Waals surface area contributed by atoms with Crippen molar-refractivity contribution in [1.82, 2.24) is 5.32 Å². The minimum Gasteiger partial charge on any atom is -0.393 e. The van der Waals surface area contributed by atoms with Crippen molar-refractivity contribution in [1.29, 1.82) is 0 Å². The topological polar surface area (TPSA) is 104 Å². The zero-order chi connectivity index (χ0) is 20.8. The highest BCUT2D eigenvalue weighted by atomic mass is 32.2. The highest BCUT2D eigenvalue weighted by Crippen LogP contribution is 2.27. The fraction of sp³-hybridized carbons (Fsp3) is 0.381.